The zero-order chi connectivity index (χ0) is 14.8. The maximum atomic E-state index is 13.5. The van der Waals surface area contributed by atoms with Crippen molar-refractivity contribution in [2.45, 2.75) is 13.3 Å². The van der Waals surface area contributed by atoms with Crippen LogP contribution in [-0.2, 0) is 9.47 Å². The molecule has 6 heteroatoms. The predicted molar refractivity (Wildman–Crippen MR) is 77.8 cm³/mol. The minimum absolute atomic E-state index is 0.209. The third-order valence-corrected chi connectivity index (χ3v) is 2.62. The molecule has 0 atom stereocenters. The van der Waals surface area contributed by atoms with Gasteiger partial charge in [0.15, 0.2) is 11.6 Å². The van der Waals surface area contributed by atoms with Gasteiger partial charge in [-0.15, -0.1) is 0 Å². The highest BCUT2D eigenvalue weighted by Gasteiger charge is 2.08. The van der Waals surface area contributed by atoms with Gasteiger partial charge in [-0.1, -0.05) is 0 Å². The first-order valence-electron chi connectivity index (χ1n) is 6.71. The number of nitrogens with one attached hydrogen (secondary N) is 1. The van der Waals surface area contributed by atoms with Gasteiger partial charge in [-0.2, -0.15) is 0 Å². The van der Waals surface area contributed by atoms with Crippen molar-refractivity contribution >= 4 is 11.4 Å². The first-order chi connectivity index (χ1) is 9.69. The van der Waals surface area contributed by atoms with Crippen molar-refractivity contribution in [3.8, 4) is 5.75 Å². The van der Waals surface area contributed by atoms with Gasteiger partial charge in [0.25, 0.3) is 0 Å². The van der Waals surface area contributed by atoms with Gasteiger partial charge in [-0.05, 0) is 13.3 Å². The highest BCUT2D eigenvalue weighted by Crippen LogP contribution is 2.28. The lowest BCUT2D eigenvalue weighted by Gasteiger charge is -2.12. The standard InChI is InChI=1S/C14H23FN2O3/c1-3-20-14-10-13(12(16)9-11(14)15)17-5-4-6-19-8-7-18-2/h9-10,17H,3-8,16H2,1-2H3. The molecule has 0 amide bonds. The molecule has 1 aromatic rings. The molecule has 0 saturated carbocycles. The molecular weight excluding hydrogens is 263 g/mol. The normalized spacial score (nSPS) is 10.6. The fourth-order valence-corrected chi connectivity index (χ4v) is 1.63. The van der Waals surface area contributed by atoms with Crippen LogP contribution in [0.3, 0.4) is 0 Å². The number of hydrogen-bond donors (Lipinski definition) is 2. The lowest BCUT2D eigenvalue weighted by Crippen LogP contribution is -2.10. The molecule has 114 valence electrons. The van der Waals surface area contributed by atoms with Crippen molar-refractivity contribution in [3.05, 3.63) is 17.9 Å². The molecule has 0 heterocycles. The van der Waals surface area contributed by atoms with Crippen LogP contribution < -0.4 is 15.8 Å². The topological polar surface area (TPSA) is 65.7 Å². The van der Waals surface area contributed by atoms with Crippen LogP contribution in [-0.4, -0.2) is 40.1 Å². The Hall–Kier alpha value is -1.53. The van der Waals surface area contributed by atoms with Gasteiger partial charge in [-0.25, -0.2) is 4.39 Å². The molecule has 20 heavy (non-hydrogen) atoms. The minimum Gasteiger partial charge on any atom is -0.491 e. The van der Waals surface area contributed by atoms with Gasteiger partial charge in [0.05, 0.1) is 31.2 Å². The SMILES string of the molecule is CCOc1cc(NCCCOCCOC)c(N)cc1F. The molecule has 0 spiro atoms. The molecule has 5 nitrogen and oxygen atoms in total. The van der Waals surface area contributed by atoms with E-state index in [4.69, 9.17) is 19.9 Å². The molecule has 1 rings (SSSR count). The molecular formula is C14H23FN2O3. The summed E-state index contributed by atoms with van der Waals surface area (Å²) in [6, 6.07) is 2.85. The van der Waals surface area contributed by atoms with Crippen LogP contribution >= 0.6 is 0 Å². The number of nitrogen functional groups attached to an aromatic ring is 1. The third-order valence-electron chi connectivity index (χ3n) is 2.62. The van der Waals surface area contributed by atoms with Crippen molar-refractivity contribution in [1.82, 2.24) is 0 Å². The van der Waals surface area contributed by atoms with Crippen LogP contribution in [0.2, 0.25) is 0 Å². The quantitative estimate of drug-likeness (QED) is 0.510. The van der Waals surface area contributed by atoms with Crippen molar-refractivity contribution in [2.75, 3.05) is 51.1 Å². The Morgan fingerprint density at radius 2 is 2.05 bits per heavy atom. The molecule has 0 aromatic heterocycles. The average molecular weight is 286 g/mol. The van der Waals surface area contributed by atoms with Crippen molar-refractivity contribution < 1.29 is 18.6 Å². The minimum atomic E-state index is -0.446. The Kier molecular flexibility index (Phi) is 7.75. The maximum Gasteiger partial charge on any atom is 0.167 e. The molecule has 3 N–H and O–H groups in total. The summed E-state index contributed by atoms with van der Waals surface area (Å²) >= 11 is 0. The van der Waals surface area contributed by atoms with Gasteiger partial charge in [0.1, 0.15) is 0 Å². The van der Waals surface area contributed by atoms with Crippen LogP contribution in [0.5, 0.6) is 5.75 Å². The number of anilines is 2. The van der Waals surface area contributed by atoms with Gasteiger partial charge in [0, 0.05) is 32.4 Å². The maximum absolute atomic E-state index is 13.5. The highest BCUT2D eigenvalue weighted by molar-refractivity contribution is 5.68. The molecule has 0 bridgehead atoms. The molecule has 1 aromatic carbocycles. The number of methoxy groups -OCH3 is 1. The molecule has 0 aliphatic carbocycles. The number of halogens is 1. The van der Waals surface area contributed by atoms with E-state index < -0.39 is 5.82 Å². The van der Waals surface area contributed by atoms with Crippen LogP contribution in [0.4, 0.5) is 15.8 Å². The van der Waals surface area contributed by atoms with Gasteiger partial charge in [0.2, 0.25) is 0 Å². The third kappa shape index (κ3) is 5.63. The zero-order valence-electron chi connectivity index (χ0n) is 12.1. The summed E-state index contributed by atoms with van der Waals surface area (Å²) in [4.78, 5) is 0. The Morgan fingerprint density at radius 3 is 2.75 bits per heavy atom. The average Bonchev–Trinajstić information content (AvgIpc) is 2.42. The first-order valence-corrected chi connectivity index (χ1v) is 6.71. The van der Waals surface area contributed by atoms with E-state index >= 15 is 0 Å². The van der Waals surface area contributed by atoms with E-state index in [9.17, 15) is 4.39 Å². The summed E-state index contributed by atoms with van der Waals surface area (Å²) in [5, 5.41) is 3.15. The van der Waals surface area contributed by atoms with Gasteiger partial charge >= 0.3 is 0 Å². The van der Waals surface area contributed by atoms with E-state index in [1.54, 1.807) is 20.1 Å². The smallest absolute Gasteiger partial charge is 0.167 e. The summed E-state index contributed by atoms with van der Waals surface area (Å²) in [6.07, 6.45) is 0.824. The van der Waals surface area contributed by atoms with E-state index in [2.05, 4.69) is 5.32 Å². The number of benzene rings is 1. The van der Waals surface area contributed by atoms with Crippen LogP contribution in [0, 0.1) is 5.82 Å². The summed E-state index contributed by atoms with van der Waals surface area (Å²) in [7, 11) is 1.64. The lowest BCUT2D eigenvalue weighted by molar-refractivity contribution is 0.0705. The molecule has 0 aliphatic rings. The number of ether oxygens (including phenoxy) is 3. The Labute approximate surface area is 119 Å². The molecule has 0 fully saturated rings. The van der Waals surface area contributed by atoms with E-state index in [1.807, 2.05) is 0 Å². The van der Waals surface area contributed by atoms with Crippen LogP contribution in [0.25, 0.3) is 0 Å². The second-order valence-electron chi connectivity index (χ2n) is 4.19. The summed E-state index contributed by atoms with van der Waals surface area (Å²) in [5.41, 5.74) is 6.80. The van der Waals surface area contributed by atoms with Gasteiger partial charge < -0.3 is 25.3 Å². The van der Waals surface area contributed by atoms with E-state index in [1.165, 1.54) is 6.07 Å². The largest absolute Gasteiger partial charge is 0.491 e. The van der Waals surface area contributed by atoms with Crippen LogP contribution in [0.1, 0.15) is 13.3 Å². The fraction of sp³-hybridized carbons (Fsp3) is 0.571. The molecule has 0 unspecified atom stereocenters. The summed E-state index contributed by atoms with van der Waals surface area (Å²) in [6.45, 7) is 4.72. The molecule has 0 saturated heterocycles. The van der Waals surface area contributed by atoms with Crippen molar-refractivity contribution in [2.24, 2.45) is 0 Å². The zero-order valence-corrected chi connectivity index (χ0v) is 12.1. The first kappa shape index (κ1) is 16.5. The number of rotatable bonds is 10. The Bertz CT molecular complexity index is 402. The van der Waals surface area contributed by atoms with E-state index in [-0.39, 0.29) is 5.75 Å². The Morgan fingerprint density at radius 1 is 1.25 bits per heavy atom. The van der Waals surface area contributed by atoms with Crippen LogP contribution in [0.15, 0.2) is 12.1 Å². The van der Waals surface area contributed by atoms with Crippen molar-refractivity contribution in [3.63, 3.8) is 0 Å². The second kappa shape index (κ2) is 9.39. The second-order valence-corrected chi connectivity index (χ2v) is 4.19. The van der Waals surface area contributed by atoms with E-state index in [0.29, 0.717) is 44.3 Å². The Balaban J connectivity index is 2.37. The van der Waals surface area contributed by atoms with E-state index in [0.717, 1.165) is 6.42 Å². The molecule has 0 radical (unpaired) electrons. The number of hydrogen-bond acceptors (Lipinski definition) is 5. The summed E-state index contributed by atoms with van der Waals surface area (Å²) in [5.74, 6) is -0.238. The lowest BCUT2D eigenvalue weighted by atomic mass is 10.2. The summed E-state index contributed by atoms with van der Waals surface area (Å²) < 4.78 is 28.9. The monoisotopic (exact) mass is 286 g/mol. The number of nitrogens with two attached hydrogens (primary N) is 1. The molecule has 0 aliphatic heterocycles. The highest BCUT2D eigenvalue weighted by atomic mass is 19.1. The fourth-order valence-electron chi connectivity index (χ4n) is 1.63. The van der Waals surface area contributed by atoms with Crippen molar-refractivity contribution in [1.29, 1.82) is 0 Å². The van der Waals surface area contributed by atoms with Gasteiger partial charge in [-0.3, -0.25) is 0 Å². The predicted octanol–water partition coefficient (Wildman–Crippen LogP) is 2.27.